The molecule has 0 spiro atoms. The molecular formula is C14H17NO2S. The van der Waals surface area contributed by atoms with Gasteiger partial charge in [0, 0.05) is 0 Å². The summed E-state index contributed by atoms with van der Waals surface area (Å²) in [7, 11) is 0. The third kappa shape index (κ3) is 2.89. The zero-order chi connectivity index (χ0) is 13.1. The van der Waals surface area contributed by atoms with Crippen molar-refractivity contribution in [3.05, 3.63) is 44.9 Å². The Balaban J connectivity index is 2.06. The molecule has 0 aliphatic rings. The van der Waals surface area contributed by atoms with Crippen LogP contribution in [0.5, 0.6) is 5.75 Å². The maximum Gasteiger partial charge on any atom is 0.140 e. The first-order valence-corrected chi connectivity index (χ1v) is 6.68. The summed E-state index contributed by atoms with van der Waals surface area (Å²) >= 11 is 1.50. The van der Waals surface area contributed by atoms with E-state index in [1.165, 1.54) is 16.9 Å². The van der Waals surface area contributed by atoms with Crippen molar-refractivity contribution in [3.63, 3.8) is 0 Å². The van der Waals surface area contributed by atoms with Crippen LogP contribution in [0.4, 0.5) is 0 Å². The molecule has 18 heavy (non-hydrogen) atoms. The Kier molecular flexibility index (Phi) is 3.99. The summed E-state index contributed by atoms with van der Waals surface area (Å²) in [5, 5.41) is 10.0. The zero-order valence-corrected chi connectivity index (χ0v) is 11.7. The minimum atomic E-state index is 0.0487. The normalized spacial score (nSPS) is 10.7. The minimum Gasteiger partial charge on any atom is -0.486 e. The Morgan fingerprint density at radius 1 is 1.28 bits per heavy atom. The van der Waals surface area contributed by atoms with Crippen molar-refractivity contribution in [1.82, 2.24) is 4.98 Å². The van der Waals surface area contributed by atoms with Crippen molar-refractivity contribution >= 4 is 11.3 Å². The fraction of sp³-hybridized carbons (Fsp3) is 0.357. The van der Waals surface area contributed by atoms with Crippen LogP contribution in [-0.2, 0) is 13.2 Å². The Bertz CT molecular complexity index is 549. The van der Waals surface area contributed by atoms with E-state index in [1.54, 1.807) is 0 Å². The van der Waals surface area contributed by atoms with Gasteiger partial charge in [-0.3, -0.25) is 0 Å². The lowest BCUT2D eigenvalue weighted by Gasteiger charge is -2.07. The molecule has 0 aliphatic carbocycles. The summed E-state index contributed by atoms with van der Waals surface area (Å²) in [6.45, 7) is 6.51. The molecule has 4 heteroatoms. The van der Waals surface area contributed by atoms with E-state index < -0.39 is 0 Å². The topological polar surface area (TPSA) is 42.4 Å². The van der Waals surface area contributed by atoms with Crippen LogP contribution in [0, 0.1) is 20.8 Å². The van der Waals surface area contributed by atoms with Crippen molar-refractivity contribution < 1.29 is 9.84 Å². The van der Waals surface area contributed by atoms with Gasteiger partial charge in [-0.2, -0.15) is 0 Å². The average molecular weight is 263 g/mol. The molecule has 0 saturated heterocycles. The molecule has 0 amide bonds. The number of hydrogen-bond donors (Lipinski definition) is 1. The number of aryl methyl sites for hydroxylation is 3. The molecule has 1 aromatic carbocycles. The molecule has 2 rings (SSSR count). The molecule has 0 atom stereocenters. The Morgan fingerprint density at radius 2 is 2.06 bits per heavy atom. The summed E-state index contributed by atoms with van der Waals surface area (Å²) in [5.74, 6) is 0.888. The molecule has 2 aromatic rings. The van der Waals surface area contributed by atoms with Gasteiger partial charge in [-0.1, -0.05) is 17.7 Å². The van der Waals surface area contributed by atoms with Crippen molar-refractivity contribution in [2.75, 3.05) is 0 Å². The van der Waals surface area contributed by atoms with Gasteiger partial charge in [-0.15, -0.1) is 11.3 Å². The van der Waals surface area contributed by atoms with Crippen LogP contribution < -0.4 is 4.74 Å². The molecule has 0 unspecified atom stereocenters. The van der Waals surface area contributed by atoms with Gasteiger partial charge in [0.1, 0.15) is 17.4 Å². The SMILES string of the molecule is Cc1ccc(OCc2nc(C)c(CO)s2)c(C)c1. The molecule has 1 heterocycles. The largest absolute Gasteiger partial charge is 0.486 e. The molecule has 0 bridgehead atoms. The van der Waals surface area contributed by atoms with E-state index in [4.69, 9.17) is 9.84 Å². The summed E-state index contributed by atoms with van der Waals surface area (Å²) in [6, 6.07) is 6.12. The number of nitrogens with zero attached hydrogens (tertiary/aromatic N) is 1. The third-order valence-electron chi connectivity index (χ3n) is 2.76. The first kappa shape index (κ1) is 13.1. The molecule has 96 valence electrons. The van der Waals surface area contributed by atoms with E-state index >= 15 is 0 Å². The van der Waals surface area contributed by atoms with E-state index in [0.717, 1.165) is 26.9 Å². The van der Waals surface area contributed by atoms with Gasteiger partial charge in [0.2, 0.25) is 0 Å². The van der Waals surface area contributed by atoms with Crippen LogP contribution in [0.1, 0.15) is 26.7 Å². The molecule has 0 radical (unpaired) electrons. The van der Waals surface area contributed by atoms with E-state index in [-0.39, 0.29) is 6.61 Å². The first-order chi connectivity index (χ1) is 8.60. The summed E-state index contributed by atoms with van der Waals surface area (Å²) in [5.41, 5.74) is 3.25. The van der Waals surface area contributed by atoms with Crippen LogP contribution >= 0.6 is 11.3 Å². The third-order valence-corrected chi connectivity index (χ3v) is 3.88. The maximum absolute atomic E-state index is 9.12. The quantitative estimate of drug-likeness (QED) is 0.921. The highest BCUT2D eigenvalue weighted by Crippen LogP contribution is 2.22. The number of rotatable bonds is 4. The van der Waals surface area contributed by atoms with Gasteiger partial charge in [0.05, 0.1) is 17.2 Å². The highest BCUT2D eigenvalue weighted by Gasteiger charge is 2.07. The first-order valence-electron chi connectivity index (χ1n) is 5.86. The second-order valence-corrected chi connectivity index (χ2v) is 5.50. The Morgan fingerprint density at radius 3 is 2.67 bits per heavy atom. The lowest BCUT2D eigenvalue weighted by atomic mass is 10.1. The summed E-state index contributed by atoms with van der Waals surface area (Å²) in [4.78, 5) is 5.29. The summed E-state index contributed by atoms with van der Waals surface area (Å²) < 4.78 is 5.76. The molecule has 3 nitrogen and oxygen atoms in total. The molecule has 0 aliphatic heterocycles. The highest BCUT2D eigenvalue weighted by atomic mass is 32.1. The molecular weight excluding hydrogens is 246 g/mol. The lowest BCUT2D eigenvalue weighted by Crippen LogP contribution is -1.96. The Hall–Kier alpha value is -1.39. The summed E-state index contributed by atoms with van der Waals surface area (Å²) in [6.07, 6.45) is 0. The number of aliphatic hydroxyl groups is 1. The van der Waals surface area contributed by atoms with E-state index in [2.05, 4.69) is 18.0 Å². The molecule has 1 aromatic heterocycles. The van der Waals surface area contributed by atoms with E-state index in [9.17, 15) is 0 Å². The minimum absolute atomic E-state index is 0.0487. The van der Waals surface area contributed by atoms with E-state index in [0.29, 0.717) is 6.61 Å². The zero-order valence-electron chi connectivity index (χ0n) is 10.9. The van der Waals surface area contributed by atoms with Crippen molar-refractivity contribution in [2.45, 2.75) is 34.0 Å². The number of ether oxygens (including phenoxy) is 1. The average Bonchev–Trinajstić information content (AvgIpc) is 2.69. The van der Waals surface area contributed by atoms with Gasteiger partial charge in [0.15, 0.2) is 0 Å². The van der Waals surface area contributed by atoms with Crippen LogP contribution in [0.3, 0.4) is 0 Å². The maximum atomic E-state index is 9.12. The molecule has 0 fully saturated rings. The van der Waals surface area contributed by atoms with Crippen LogP contribution in [0.2, 0.25) is 0 Å². The van der Waals surface area contributed by atoms with Gasteiger partial charge >= 0.3 is 0 Å². The van der Waals surface area contributed by atoms with Crippen molar-refractivity contribution in [2.24, 2.45) is 0 Å². The van der Waals surface area contributed by atoms with Crippen LogP contribution in [0.25, 0.3) is 0 Å². The Labute approximate surface area is 111 Å². The molecule has 1 N–H and O–H groups in total. The van der Waals surface area contributed by atoms with E-state index in [1.807, 2.05) is 26.0 Å². The van der Waals surface area contributed by atoms with Crippen molar-refractivity contribution in [1.29, 1.82) is 0 Å². The molecule has 0 saturated carbocycles. The van der Waals surface area contributed by atoms with Gasteiger partial charge in [-0.25, -0.2) is 4.98 Å². The van der Waals surface area contributed by atoms with Gasteiger partial charge < -0.3 is 9.84 Å². The fourth-order valence-electron chi connectivity index (χ4n) is 1.80. The number of aliphatic hydroxyl groups excluding tert-OH is 1. The van der Waals surface area contributed by atoms with Gasteiger partial charge in [-0.05, 0) is 32.4 Å². The monoisotopic (exact) mass is 263 g/mol. The standard InChI is InChI=1S/C14H17NO2S/c1-9-4-5-12(10(2)6-9)17-8-14-15-11(3)13(7-16)18-14/h4-6,16H,7-8H2,1-3H3. The van der Waals surface area contributed by atoms with Crippen LogP contribution in [-0.4, -0.2) is 10.1 Å². The van der Waals surface area contributed by atoms with Crippen molar-refractivity contribution in [3.8, 4) is 5.75 Å². The second-order valence-electron chi connectivity index (χ2n) is 4.33. The number of hydrogen-bond acceptors (Lipinski definition) is 4. The number of thiazole rings is 1. The number of benzene rings is 1. The smallest absolute Gasteiger partial charge is 0.140 e. The highest BCUT2D eigenvalue weighted by molar-refractivity contribution is 7.11. The number of aromatic nitrogens is 1. The fourth-order valence-corrected chi connectivity index (χ4v) is 2.64. The van der Waals surface area contributed by atoms with Gasteiger partial charge in [0.25, 0.3) is 0 Å². The second kappa shape index (κ2) is 5.50. The predicted octanol–water partition coefficient (Wildman–Crippen LogP) is 3.14. The predicted molar refractivity (Wildman–Crippen MR) is 73.0 cm³/mol. The lowest BCUT2D eigenvalue weighted by molar-refractivity contribution is 0.284. The van der Waals surface area contributed by atoms with Crippen LogP contribution in [0.15, 0.2) is 18.2 Å².